The maximum absolute atomic E-state index is 5.84. The van der Waals surface area contributed by atoms with Gasteiger partial charge < -0.3 is 10.7 Å². The highest BCUT2D eigenvalue weighted by molar-refractivity contribution is 7.15. The molecule has 0 fully saturated rings. The summed E-state index contributed by atoms with van der Waals surface area (Å²) in [5.74, 6) is 0. The van der Waals surface area contributed by atoms with Gasteiger partial charge in [0, 0.05) is 28.9 Å². The smallest absolute Gasteiger partial charge is 0.125 e. The maximum atomic E-state index is 5.84. The molecule has 3 nitrogen and oxygen atoms in total. The molecule has 2 aromatic heterocycles. The summed E-state index contributed by atoms with van der Waals surface area (Å²) in [4.78, 5) is 8.68. The summed E-state index contributed by atoms with van der Waals surface area (Å²) in [6.45, 7) is 3.99. The van der Waals surface area contributed by atoms with Crippen molar-refractivity contribution in [2.45, 2.75) is 19.9 Å². The maximum Gasteiger partial charge on any atom is 0.125 e. The van der Waals surface area contributed by atoms with Crippen molar-refractivity contribution < 1.29 is 0 Å². The van der Waals surface area contributed by atoms with E-state index in [1.54, 1.807) is 11.3 Å². The van der Waals surface area contributed by atoms with E-state index in [2.05, 4.69) is 9.97 Å². The Morgan fingerprint density at radius 3 is 2.86 bits per heavy atom. The van der Waals surface area contributed by atoms with Crippen LogP contribution in [0.2, 0.25) is 0 Å². The Morgan fingerprint density at radius 2 is 2.36 bits per heavy atom. The molecule has 1 atom stereocenters. The van der Waals surface area contributed by atoms with Crippen LogP contribution in [0.4, 0.5) is 0 Å². The number of aromatic nitrogens is 2. The molecule has 3 N–H and O–H groups in total. The molecule has 4 heteroatoms. The van der Waals surface area contributed by atoms with Crippen LogP contribution in [0.5, 0.6) is 0 Å². The Kier molecular flexibility index (Phi) is 2.39. The minimum Gasteiger partial charge on any atom is -0.367 e. The Balaban J connectivity index is 2.43. The van der Waals surface area contributed by atoms with Crippen LogP contribution in [0.25, 0.3) is 10.6 Å². The van der Waals surface area contributed by atoms with Crippen LogP contribution in [0.15, 0.2) is 18.5 Å². The van der Waals surface area contributed by atoms with E-state index >= 15 is 0 Å². The molecule has 0 saturated heterocycles. The highest BCUT2D eigenvalue weighted by Crippen LogP contribution is 2.30. The second kappa shape index (κ2) is 3.55. The first-order valence-electron chi connectivity index (χ1n) is 4.54. The number of aromatic amines is 1. The largest absolute Gasteiger partial charge is 0.367 e. The normalized spacial score (nSPS) is 13.1. The zero-order valence-electron chi connectivity index (χ0n) is 8.24. The quantitative estimate of drug-likeness (QED) is 0.794. The van der Waals surface area contributed by atoms with Gasteiger partial charge in [0.15, 0.2) is 0 Å². The van der Waals surface area contributed by atoms with Gasteiger partial charge in [0.1, 0.15) is 5.01 Å². The summed E-state index contributed by atoms with van der Waals surface area (Å²) in [5.41, 5.74) is 8.02. The number of aryl methyl sites for hydroxylation is 1. The van der Waals surface area contributed by atoms with Gasteiger partial charge in [-0.2, -0.15) is 0 Å². The lowest BCUT2D eigenvalue weighted by Gasteiger charge is -1.99. The van der Waals surface area contributed by atoms with Crippen molar-refractivity contribution in [2.75, 3.05) is 0 Å². The molecule has 2 aromatic rings. The van der Waals surface area contributed by atoms with Crippen molar-refractivity contribution in [3.63, 3.8) is 0 Å². The van der Waals surface area contributed by atoms with Gasteiger partial charge in [-0.1, -0.05) is 0 Å². The van der Waals surface area contributed by atoms with Crippen LogP contribution in [0.1, 0.15) is 23.5 Å². The van der Waals surface area contributed by atoms with Gasteiger partial charge in [0.25, 0.3) is 0 Å². The number of H-pyrrole nitrogens is 1. The second-order valence-corrected chi connectivity index (χ2v) is 4.39. The molecular weight excluding hydrogens is 194 g/mol. The molecule has 0 radical (unpaired) electrons. The minimum atomic E-state index is 0.0696. The number of hydrogen-bond donors (Lipinski definition) is 2. The van der Waals surface area contributed by atoms with E-state index in [9.17, 15) is 0 Å². The zero-order chi connectivity index (χ0) is 10.1. The summed E-state index contributed by atoms with van der Waals surface area (Å²) in [6, 6.07) is 2.09. The molecule has 0 bridgehead atoms. The number of nitrogens with one attached hydrogen (secondary N) is 1. The highest BCUT2D eigenvalue weighted by Gasteiger charge is 2.12. The van der Waals surface area contributed by atoms with Crippen LogP contribution < -0.4 is 5.73 Å². The average Bonchev–Trinajstić information content (AvgIpc) is 2.70. The fourth-order valence-corrected chi connectivity index (χ4v) is 2.43. The number of rotatable bonds is 2. The van der Waals surface area contributed by atoms with Gasteiger partial charge in [-0.05, 0) is 19.9 Å². The van der Waals surface area contributed by atoms with Gasteiger partial charge in [0.05, 0.1) is 5.69 Å². The fraction of sp³-hybridized carbons (Fsp3) is 0.300. The van der Waals surface area contributed by atoms with E-state index in [1.807, 2.05) is 32.3 Å². The topological polar surface area (TPSA) is 54.7 Å². The Bertz CT molecular complexity index is 415. The van der Waals surface area contributed by atoms with Crippen LogP contribution in [0, 0.1) is 6.92 Å². The number of nitrogens with two attached hydrogens (primary N) is 1. The molecule has 14 heavy (non-hydrogen) atoms. The summed E-state index contributed by atoms with van der Waals surface area (Å²) in [5, 5.41) is 1.04. The van der Waals surface area contributed by atoms with Crippen molar-refractivity contribution in [3.8, 4) is 10.6 Å². The van der Waals surface area contributed by atoms with Crippen molar-refractivity contribution in [1.82, 2.24) is 9.97 Å². The zero-order valence-corrected chi connectivity index (χ0v) is 9.06. The van der Waals surface area contributed by atoms with Crippen LogP contribution >= 0.6 is 11.3 Å². The molecular formula is C10H13N3S. The fourth-order valence-electron chi connectivity index (χ4n) is 1.41. The molecule has 0 aromatic carbocycles. The predicted molar refractivity (Wildman–Crippen MR) is 59.2 cm³/mol. The van der Waals surface area contributed by atoms with E-state index in [-0.39, 0.29) is 6.04 Å². The van der Waals surface area contributed by atoms with E-state index in [1.165, 1.54) is 4.88 Å². The molecule has 0 aliphatic carbocycles. The van der Waals surface area contributed by atoms with Gasteiger partial charge >= 0.3 is 0 Å². The molecule has 2 rings (SSSR count). The Labute approximate surface area is 87.0 Å². The Morgan fingerprint density at radius 1 is 1.57 bits per heavy atom. The summed E-state index contributed by atoms with van der Waals surface area (Å²) in [7, 11) is 0. The summed E-state index contributed by atoms with van der Waals surface area (Å²) >= 11 is 1.67. The molecule has 2 heterocycles. The van der Waals surface area contributed by atoms with Crippen molar-refractivity contribution in [2.24, 2.45) is 5.73 Å². The third kappa shape index (κ3) is 1.58. The Hall–Kier alpha value is -1.13. The second-order valence-electron chi connectivity index (χ2n) is 3.36. The number of hydrogen-bond acceptors (Lipinski definition) is 3. The third-order valence-corrected chi connectivity index (χ3v) is 3.50. The molecule has 0 aliphatic heterocycles. The first-order valence-corrected chi connectivity index (χ1v) is 5.36. The molecule has 1 unspecified atom stereocenters. The molecule has 0 amide bonds. The van der Waals surface area contributed by atoms with Gasteiger partial charge in [-0.3, -0.25) is 0 Å². The van der Waals surface area contributed by atoms with E-state index in [0.717, 1.165) is 16.3 Å². The molecule has 74 valence electrons. The van der Waals surface area contributed by atoms with Gasteiger partial charge in [-0.15, -0.1) is 11.3 Å². The highest BCUT2D eigenvalue weighted by atomic mass is 32.1. The van der Waals surface area contributed by atoms with E-state index in [4.69, 9.17) is 5.73 Å². The molecule has 0 aliphatic rings. The SMILES string of the molecule is Cc1nc(-c2cc[nH]c2)sc1C(C)N. The molecule has 0 saturated carbocycles. The first kappa shape index (κ1) is 9.43. The summed E-state index contributed by atoms with van der Waals surface area (Å²) in [6.07, 6.45) is 3.85. The minimum absolute atomic E-state index is 0.0696. The lowest BCUT2D eigenvalue weighted by Crippen LogP contribution is -2.03. The average molecular weight is 207 g/mol. The van der Waals surface area contributed by atoms with Crippen molar-refractivity contribution >= 4 is 11.3 Å². The van der Waals surface area contributed by atoms with E-state index < -0.39 is 0 Å². The van der Waals surface area contributed by atoms with Crippen LogP contribution in [0.3, 0.4) is 0 Å². The van der Waals surface area contributed by atoms with Crippen LogP contribution in [-0.2, 0) is 0 Å². The van der Waals surface area contributed by atoms with E-state index in [0.29, 0.717) is 0 Å². The monoisotopic (exact) mass is 207 g/mol. The number of thiazole rings is 1. The van der Waals surface area contributed by atoms with Crippen molar-refractivity contribution in [1.29, 1.82) is 0 Å². The van der Waals surface area contributed by atoms with Crippen molar-refractivity contribution in [3.05, 3.63) is 29.0 Å². The molecule has 0 spiro atoms. The lowest BCUT2D eigenvalue weighted by atomic mass is 10.2. The standard InChI is InChI=1S/C10H13N3S/c1-6(11)9-7(2)13-10(14-9)8-3-4-12-5-8/h3-6,12H,11H2,1-2H3. The number of nitrogens with zero attached hydrogens (tertiary/aromatic N) is 1. The van der Waals surface area contributed by atoms with Crippen LogP contribution in [-0.4, -0.2) is 9.97 Å². The van der Waals surface area contributed by atoms with Gasteiger partial charge in [0.2, 0.25) is 0 Å². The lowest BCUT2D eigenvalue weighted by molar-refractivity contribution is 0.825. The first-order chi connectivity index (χ1) is 6.68. The van der Waals surface area contributed by atoms with Gasteiger partial charge in [-0.25, -0.2) is 4.98 Å². The predicted octanol–water partition coefficient (Wildman–Crippen LogP) is 2.47. The third-order valence-electron chi connectivity index (χ3n) is 2.09. The summed E-state index contributed by atoms with van der Waals surface area (Å²) < 4.78 is 0.